The van der Waals surface area contributed by atoms with Crippen LogP contribution in [0.3, 0.4) is 0 Å². The van der Waals surface area contributed by atoms with Crippen LogP contribution in [0.2, 0.25) is 0 Å². The van der Waals surface area contributed by atoms with Crippen LogP contribution in [0, 0.1) is 6.92 Å². The van der Waals surface area contributed by atoms with Crippen molar-refractivity contribution in [2.45, 2.75) is 13.3 Å². The molecular formula is C14H17BrN2O3. The van der Waals surface area contributed by atoms with Gasteiger partial charge >= 0.3 is 0 Å². The first-order valence-electron chi connectivity index (χ1n) is 6.49. The van der Waals surface area contributed by atoms with Crippen molar-refractivity contribution in [2.75, 3.05) is 26.2 Å². The molecule has 108 valence electrons. The Morgan fingerprint density at radius 2 is 2.25 bits per heavy atom. The van der Waals surface area contributed by atoms with Gasteiger partial charge in [-0.1, -0.05) is 6.07 Å². The summed E-state index contributed by atoms with van der Waals surface area (Å²) in [5.74, 6) is 0.532. The van der Waals surface area contributed by atoms with Gasteiger partial charge in [-0.05, 0) is 40.5 Å². The number of aryl methyl sites for hydroxylation is 1. The smallest absolute Gasteiger partial charge is 0.260 e. The molecule has 0 saturated carbocycles. The molecule has 0 unspecified atom stereocenters. The maximum atomic E-state index is 12.1. The molecule has 2 amide bonds. The van der Waals surface area contributed by atoms with Crippen LogP contribution in [0.4, 0.5) is 0 Å². The molecule has 1 fully saturated rings. The summed E-state index contributed by atoms with van der Waals surface area (Å²) in [6, 6.07) is 5.70. The third-order valence-corrected chi connectivity index (χ3v) is 3.72. The molecule has 0 atom stereocenters. The monoisotopic (exact) mass is 340 g/mol. The van der Waals surface area contributed by atoms with Crippen LogP contribution in [0.5, 0.6) is 5.75 Å². The van der Waals surface area contributed by atoms with E-state index in [4.69, 9.17) is 4.74 Å². The van der Waals surface area contributed by atoms with Crippen LogP contribution in [0.25, 0.3) is 0 Å². The highest BCUT2D eigenvalue weighted by atomic mass is 79.9. The Kier molecular flexibility index (Phi) is 5.00. The Morgan fingerprint density at radius 1 is 1.45 bits per heavy atom. The molecule has 1 saturated heterocycles. The fraction of sp³-hybridized carbons (Fsp3) is 0.429. The third kappa shape index (κ3) is 3.96. The second-order valence-electron chi connectivity index (χ2n) is 4.70. The molecule has 1 aromatic rings. The lowest BCUT2D eigenvalue weighted by Gasteiger charge is -2.19. The van der Waals surface area contributed by atoms with Crippen LogP contribution >= 0.6 is 15.9 Å². The molecule has 0 radical (unpaired) electrons. The summed E-state index contributed by atoms with van der Waals surface area (Å²) in [6.07, 6.45) is 0.347. The number of rotatable bonds is 3. The summed E-state index contributed by atoms with van der Waals surface area (Å²) in [5.41, 5.74) is 1.12. The van der Waals surface area contributed by atoms with Crippen LogP contribution in [0.15, 0.2) is 22.7 Å². The number of amides is 2. The number of nitrogens with zero attached hydrogens (tertiary/aromatic N) is 1. The Bertz CT molecular complexity index is 519. The standard InChI is InChI=1S/C14H17BrN2O3/c1-10-2-3-12(11(15)8-10)20-9-14(19)17-6-4-13(18)16-5-7-17/h2-3,8H,4-7,9H2,1H3,(H,16,18). The van der Waals surface area contributed by atoms with E-state index >= 15 is 0 Å². The summed E-state index contributed by atoms with van der Waals surface area (Å²) in [5, 5.41) is 2.74. The van der Waals surface area contributed by atoms with Gasteiger partial charge in [0.15, 0.2) is 6.61 Å². The largest absolute Gasteiger partial charge is 0.483 e. The number of hydrogen-bond acceptors (Lipinski definition) is 3. The van der Waals surface area contributed by atoms with E-state index in [0.717, 1.165) is 10.0 Å². The van der Waals surface area contributed by atoms with Gasteiger partial charge in [0.1, 0.15) is 5.75 Å². The van der Waals surface area contributed by atoms with E-state index < -0.39 is 0 Å². The quantitative estimate of drug-likeness (QED) is 0.906. The first-order chi connectivity index (χ1) is 9.56. The lowest BCUT2D eigenvalue weighted by Crippen LogP contribution is -2.37. The van der Waals surface area contributed by atoms with Crippen LogP contribution in [0.1, 0.15) is 12.0 Å². The third-order valence-electron chi connectivity index (χ3n) is 3.10. The minimum atomic E-state index is -0.103. The highest BCUT2D eigenvalue weighted by Crippen LogP contribution is 2.25. The minimum Gasteiger partial charge on any atom is -0.483 e. The highest BCUT2D eigenvalue weighted by molar-refractivity contribution is 9.10. The van der Waals surface area contributed by atoms with Crippen molar-refractivity contribution in [3.8, 4) is 5.75 Å². The molecule has 1 aromatic carbocycles. The average Bonchev–Trinajstić information content (AvgIpc) is 2.62. The van der Waals surface area contributed by atoms with Gasteiger partial charge in [0.05, 0.1) is 4.47 Å². The van der Waals surface area contributed by atoms with E-state index in [-0.39, 0.29) is 18.4 Å². The van der Waals surface area contributed by atoms with Crippen LogP contribution < -0.4 is 10.1 Å². The molecule has 2 rings (SSSR count). The second kappa shape index (κ2) is 6.74. The van der Waals surface area contributed by atoms with Gasteiger partial charge in [0.2, 0.25) is 5.91 Å². The summed E-state index contributed by atoms with van der Waals surface area (Å²) in [4.78, 5) is 24.9. The second-order valence-corrected chi connectivity index (χ2v) is 5.56. The number of carbonyl (C=O) groups is 2. The zero-order valence-corrected chi connectivity index (χ0v) is 12.9. The Balaban J connectivity index is 1.89. The van der Waals surface area contributed by atoms with Crippen molar-refractivity contribution in [2.24, 2.45) is 0 Å². The van der Waals surface area contributed by atoms with Gasteiger partial charge < -0.3 is 15.0 Å². The van der Waals surface area contributed by atoms with Gasteiger partial charge in [-0.25, -0.2) is 0 Å². The van der Waals surface area contributed by atoms with Crippen LogP contribution in [-0.4, -0.2) is 43.0 Å². The lowest BCUT2D eigenvalue weighted by atomic mass is 10.2. The normalized spacial score (nSPS) is 15.5. The zero-order chi connectivity index (χ0) is 14.5. The summed E-state index contributed by atoms with van der Waals surface area (Å²) in [6.45, 7) is 3.45. The van der Waals surface area contributed by atoms with E-state index in [2.05, 4.69) is 21.2 Å². The maximum absolute atomic E-state index is 12.1. The molecular weight excluding hydrogens is 324 g/mol. The Morgan fingerprint density at radius 3 is 3.00 bits per heavy atom. The van der Waals surface area contributed by atoms with E-state index in [9.17, 15) is 9.59 Å². The van der Waals surface area contributed by atoms with Crippen molar-refractivity contribution in [3.63, 3.8) is 0 Å². The van der Waals surface area contributed by atoms with Gasteiger partial charge in [-0.3, -0.25) is 9.59 Å². The Hall–Kier alpha value is -1.56. The molecule has 1 aliphatic rings. The fourth-order valence-electron chi connectivity index (χ4n) is 1.97. The molecule has 20 heavy (non-hydrogen) atoms. The van der Waals surface area contributed by atoms with Crippen molar-refractivity contribution in [1.29, 1.82) is 0 Å². The number of benzene rings is 1. The first kappa shape index (κ1) is 14.8. The zero-order valence-electron chi connectivity index (χ0n) is 11.3. The van der Waals surface area contributed by atoms with Gasteiger partial charge in [-0.2, -0.15) is 0 Å². The molecule has 1 N–H and O–H groups in total. The summed E-state index contributed by atoms with van der Waals surface area (Å²) < 4.78 is 6.36. The molecule has 0 aromatic heterocycles. The molecule has 0 spiro atoms. The molecule has 0 bridgehead atoms. The Labute approximate surface area is 126 Å². The lowest BCUT2D eigenvalue weighted by molar-refractivity contribution is -0.133. The predicted octanol–water partition coefficient (Wildman–Crippen LogP) is 1.48. The van der Waals surface area contributed by atoms with Gasteiger partial charge in [-0.15, -0.1) is 0 Å². The number of hydrogen-bond donors (Lipinski definition) is 1. The first-order valence-corrected chi connectivity index (χ1v) is 7.29. The molecule has 6 heteroatoms. The number of nitrogens with one attached hydrogen (secondary N) is 1. The molecule has 1 aliphatic heterocycles. The van der Waals surface area contributed by atoms with Gasteiger partial charge in [0.25, 0.3) is 5.91 Å². The minimum absolute atomic E-state index is 0.0116. The fourth-order valence-corrected chi connectivity index (χ4v) is 2.58. The maximum Gasteiger partial charge on any atom is 0.260 e. The van der Waals surface area contributed by atoms with Crippen LogP contribution in [-0.2, 0) is 9.59 Å². The SMILES string of the molecule is Cc1ccc(OCC(=O)N2CCNC(=O)CC2)c(Br)c1. The van der Waals surface area contributed by atoms with Crippen molar-refractivity contribution in [3.05, 3.63) is 28.2 Å². The van der Waals surface area contributed by atoms with E-state index in [1.165, 1.54) is 0 Å². The predicted molar refractivity (Wildman–Crippen MR) is 78.6 cm³/mol. The van der Waals surface area contributed by atoms with E-state index in [1.54, 1.807) is 4.90 Å². The molecule has 0 aliphatic carbocycles. The number of ether oxygens (including phenoxy) is 1. The summed E-state index contributed by atoms with van der Waals surface area (Å²) in [7, 11) is 0. The van der Waals surface area contributed by atoms with E-state index in [1.807, 2.05) is 25.1 Å². The topological polar surface area (TPSA) is 58.6 Å². The molecule has 1 heterocycles. The average molecular weight is 341 g/mol. The molecule has 5 nitrogen and oxygen atoms in total. The number of halogens is 1. The van der Waals surface area contributed by atoms with Crippen molar-refractivity contribution >= 4 is 27.7 Å². The van der Waals surface area contributed by atoms with E-state index in [0.29, 0.717) is 31.8 Å². The number of carbonyl (C=O) groups excluding carboxylic acids is 2. The summed E-state index contributed by atoms with van der Waals surface area (Å²) >= 11 is 3.41. The van der Waals surface area contributed by atoms with Crippen molar-refractivity contribution in [1.82, 2.24) is 10.2 Å². The van der Waals surface area contributed by atoms with Crippen molar-refractivity contribution < 1.29 is 14.3 Å². The highest BCUT2D eigenvalue weighted by Gasteiger charge is 2.18. The van der Waals surface area contributed by atoms with Gasteiger partial charge in [0, 0.05) is 26.1 Å².